The zero-order valence-electron chi connectivity index (χ0n) is 13.9. The topological polar surface area (TPSA) is 27.7 Å². The summed E-state index contributed by atoms with van der Waals surface area (Å²) in [6, 6.07) is 0. The fraction of sp³-hybridized carbons (Fsp3) is 1.00. The maximum Gasteiger partial charge on any atom is 0.0606 e. The molecule has 0 aromatic rings. The molecule has 118 valence electrons. The summed E-state index contributed by atoms with van der Waals surface area (Å²) in [5, 5.41) is 0. The molecule has 2 fully saturated rings. The van der Waals surface area contributed by atoms with Crippen molar-refractivity contribution >= 4 is 0 Å². The molecule has 0 aromatic carbocycles. The van der Waals surface area contributed by atoms with Crippen LogP contribution in [0.1, 0.15) is 46.5 Å². The Morgan fingerprint density at radius 3 is 1.95 bits per heavy atom. The van der Waals surface area contributed by atoms with Crippen LogP contribution < -0.4 is 0 Å². The molecule has 2 rings (SSSR count). The smallest absolute Gasteiger partial charge is 0.0606 e. The van der Waals surface area contributed by atoms with Crippen LogP contribution in [0.4, 0.5) is 0 Å². The third-order valence-corrected chi connectivity index (χ3v) is 5.68. The first-order chi connectivity index (χ1) is 9.42. The van der Waals surface area contributed by atoms with Gasteiger partial charge in [-0.05, 0) is 42.9 Å². The first-order valence-corrected chi connectivity index (χ1v) is 8.01. The summed E-state index contributed by atoms with van der Waals surface area (Å²) < 4.78 is 17.4. The van der Waals surface area contributed by atoms with Gasteiger partial charge in [0.1, 0.15) is 0 Å². The van der Waals surface area contributed by atoms with E-state index in [1.165, 1.54) is 25.7 Å². The molecule has 0 heterocycles. The van der Waals surface area contributed by atoms with Gasteiger partial charge in [0.2, 0.25) is 0 Å². The summed E-state index contributed by atoms with van der Waals surface area (Å²) in [5.41, 5.74) is 0.0228. The minimum Gasteiger partial charge on any atom is -0.384 e. The molecule has 3 atom stereocenters. The van der Waals surface area contributed by atoms with Crippen LogP contribution in [0, 0.1) is 22.7 Å². The SMILES string of the molecule is COCC(COC)(COC1CC2CCC1C2)C(C)(C)C. The van der Waals surface area contributed by atoms with Crippen molar-refractivity contribution in [2.75, 3.05) is 34.0 Å². The summed E-state index contributed by atoms with van der Waals surface area (Å²) in [4.78, 5) is 0. The molecule has 0 N–H and O–H groups in total. The van der Waals surface area contributed by atoms with Gasteiger partial charge in [0, 0.05) is 19.6 Å². The number of hydrogen-bond donors (Lipinski definition) is 0. The zero-order valence-corrected chi connectivity index (χ0v) is 13.9. The predicted octanol–water partition coefficient (Wildman–Crippen LogP) is 3.52. The predicted molar refractivity (Wildman–Crippen MR) is 80.8 cm³/mol. The number of methoxy groups -OCH3 is 2. The Hall–Kier alpha value is -0.120. The highest BCUT2D eigenvalue weighted by atomic mass is 16.5. The molecular weight excluding hydrogens is 252 g/mol. The van der Waals surface area contributed by atoms with E-state index in [0.717, 1.165) is 18.4 Å². The summed E-state index contributed by atoms with van der Waals surface area (Å²) in [5.74, 6) is 1.74. The van der Waals surface area contributed by atoms with Crippen molar-refractivity contribution in [3.05, 3.63) is 0 Å². The number of ether oxygens (including phenoxy) is 3. The average Bonchev–Trinajstić information content (AvgIpc) is 2.97. The minimum absolute atomic E-state index is 0.0711. The number of hydrogen-bond acceptors (Lipinski definition) is 3. The van der Waals surface area contributed by atoms with Gasteiger partial charge in [-0.3, -0.25) is 0 Å². The highest BCUT2D eigenvalue weighted by Gasteiger charge is 2.46. The van der Waals surface area contributed by atoms with Gasteiger partial charge < -0.3 is 14.2 Å². The standard InChI is InChI=1S/C17H32O3/c1-16(2,3)17(10-18-4,11-19-5)12-20-15-9-13-6-7-14(15)8-13/h13-15H,6-12H2,1-5H3. The molecule has 0 spiro atoms. The third-order valence-electron chi connectivity index (χ3n) is 5.68. The molecule has 2 aliphatic carbocycles. The minimum atomic E-state index is -0.0711. The van der Waals surface area contributed by atoms with E-state index in [4.69, 9.17) is 14.2 Å². The molecule has 0 aliphatic heterocycles. The Bertz CT molecular complexity index is 302. The van der Waals surface area contributed by atoms with E-state index in [1.807, 2.05) is 0 Å². The molecule has 20 heavy (non-hydrogen) atoms. The molecule has 2 aliphatic rings. The van der Waals surface area contributed by atoms with Crippen molar-refractivity contribution in [2.45, 2.75) is 52.6 Å². The summed E-state index contributed by atoms with van der Waals surface area (Å²) in [6.45, 7) is 8.89. The molecule has 3 unspecified atom stereocenters. The van der Waals surface area contributed by atoms with Gasteiger partial charge in [-0.25, -0.2) is 0 Å². The molecule has 3 nitrogen and oxygen atoms in total. The molecule has 0 saturated heterocycles. The van der Waals surface area contributed by atoms with E-state index in [0.29, 0.717) is 19.3 Å². The monoisotopic (exact) mass is 284 g/mol. The molecule has 0 aromatic heterocycles. The first-order valence-electron chi connectivity index (χ1n) is 8.01. The van der Waals surface area contributed by atoms with Crippen LogP contribution in [0.15, 0.2) is 0 Å². The van der Waals surface area contributed by atoms with E-state index in [2.05, 4.69) is 20.8 Å². The Kier molecular flexibility index (Phi) is 5.14. The van der Waals surface area contributed by atoms with Crippen molar-refractivity contribution in [3.8, 4) is 0 Å². The van der Waals surface area contributed by atoms with Crippen LogP contribution in [0.25, 0.3) is 0 Å². The molecule has 3 heteroatoms. The summed E-state index contributed by atoms with van der Waals surface area (Å²) in [6.07, 6.45) is 5.92. The second-order valence-corrected chi connectivity index (χ2v) is 7.92. The van der Waals surface area contributed by atoms with Crippen LogP contribution in [0.3, 0.4) is 0 Å². The molecule has 0 amide bonds. The Morgan fingerprint density at radius 2 is 1.55 bits per heavy atom. The molecule has 2 saturated carbocycles. The first kappa shape index (κ1) is 16.3. The second-order valence-electron chi connectivity index (χ2n) is 7.92. The van der Waals surface area contributed by atoms with Gasteiger partial charge in [-0.15, -0.1) is 0 Å². The van der Waals surface area contributed by atoms with Gasteiger partial charge in [-0.1, -0.05) is 20.8 Å². The molecular formula is C17H32O3. The van der Waals surface area contributed by atoms with Crippen LogP contribution in [0.2, 0.25) is 0 Å². The van der Waals surface area contributed by atoms with Gasteiger partial charge in [0.15, 0.2) is 0 Å². The largest absolute Gasteiger partial charge is 0.384 e. The third kappa shape index (κ3) is 3.20. The fourth-order valence-electron chi connectivity index (χ4n) is 3.98. The lowest BCUT2D eigenvalue weighted by molar-refractivity contribution is -0.130. The number of rotatable bonds is 7. The van der Waals surface area contributed by atoms with Crippen molar-refractivity contribution in [2.24, 2.45) is 22.7 Å². The average molecular weight is 284 g/mol. The van der Waals surface area contributed by atoms with Gasteiger partial charge in [-0.2, -0.15) is 0 Å². The second kappa shape index (κ2) is 6.33. The lowest BCUT2D eigenvalue weighted by Gasteiger charge is -2.44. The van der Waals surface area contributed by atoms with Crippen molar-refractivity contribution < 1.29 is 14.2 Å². The van der Waals surface area contributed by atoms with Gasteiger partial charge in [0.25, 0.3) is 0 Å². The van der Waals surface area contributed by atoms with Crippen LogP contribution in [-0.2, 0) is 14.2 Å². The van der Waals surface area contributed by atoms with E-state index in [9.17, 15) is 0 Å². The van der Waals surface area contributed by atoms with Crippen LogP contribution in [-0.4, -0.2) is 40.1 Å². The maximum atomic E-state index is 6.37. The Labute approximate surface area is 124 Å². The summed E-state index contributed by atoms with van der Waals surface area (Å²) >= 11 is 0. The van der Waals surface area contributed by atoms with Crippen molar-refractivity contribution in [1.82, 2.24) is 0 Å². The molecule has 2 bridgehead atoms. The normalized spacial score (nSPS) is 30.1. The highest BCUT2D eigenvalue weighted by molar-refractivity contribution is 4.94. The zero-order chi connectivity index (χ0) is 14.8. The summed E-state index contributed by atoms with van der Waals surface area (Å²) in [7, 11) is 3.54. The molecule has 0 radical (unpaired) electrons. The van der Waals surface area contributed by atoms with Crippen molar-refractivity contribution in [1.29, 1.82) is 0 Å². The van der Waals surface area contributed by atoms with Crippen LogP contribution >= 0.6 is 0 Å². The highest BCUT2D eigenvalue weighted by Crippen LogP contribution is 2.47. The Morgan fingerprint density at radius 1 is 0.900 bits per heavy atom. The Balaban J connectivity index is 1.99. The van der Waals surface area contributed by atoms with Gasteiger partial charge >= 0.3 is 0 Å². The van der Waals surface area contributed by atoms with E-state index in [-0.39, 0.29) is 10.8 Å². The fourth-order valence-corrected chi connectivity index (χ4v) is 3.98. The van der Waals surface area contributed by atoms with E-state index in [1.54, 1.807) is 14.2 Å². The quantitative estimate of drug-likeness (QED) is 0.716. The lowest BCUT2D eigenvalue weighted by atomic mass is 9.68. The number of fused-ring (bicyclic) bond motifs is 2. The van der Waals surface area contributed by atoms with Crippen LogP contribution in [0.5, 0.6) is 0 Å². The van der Waals surface area contributed by atoms with Crippen molar-refractivity contribution in [3.63, 3.8) is 0 Å². The maximum absolute atomic E-state index is 6.37. The van der Waals surface area contributed by atoms with Gasteiger partial charge in [0.05, 0.1) is 25.9 Å². The van der Waals surface area contributed by atoms with E-state index >= 15 is 0 Å². The van der Waals surface area contributed by atoms with E-state index < -0.39 is 0 Å². The lowest BCUT2D eigenvalue weighted by Crippen LogP contribution is -2.48.